The monoisotopic (exact) mass is 169 g/mol. The molecule has 1 saturated carbocycles. The van der Waals surface area contributed by atoms with Crippen LogP contribution < -0.4 is 5.73 Å². The Hall–Kier alpha value is -0.0400. The lowest BCUT2D eigenvalue weighted by Gasteiger charge is -2.31. The molecule has 3 unspecified atom stereocenters. The van der Waals surface area contributed by atoms with E-state index in [0.717, 1.165) is 5.92 Å². The smallest absolute Gasteiger partial charge is 0.0182 e. The van der Waals surface area contributed by atoms with Gasteiger partial charge in [0.05, 0.1) is 0 Å². The first-order chi connectivity index (χ1) is 5.62. The van der Waals surface area contributed by atoms with E-state index in [9.17, 15) is 0 Å². The summed E-state index contributed by atoms with van der Waals surface area (Å²) in [6.07, 6.45) is 6.42. The van der Waals surface area contributed by atoms with Gasteiger partial charge in [0.15, 0.2) is 0 Å². The van der Waals surface area contributed by atoms with E-state index >= 15 is 0 Å². The van der Waals surface area contributed by atoms with Crippen LogP contribution in [-0.4, -0.2) is 5.54 Å². The summed E-state index contributed by atoms with van der Waals surface area (Å²) >= 11 is 0. The SMILES string of the molecule is CCC1CCC(N)(C(C)CC)C1. The highest BCUT2D eigenvalue weighted by molar-refractivity contribution is 4.96. The predicted octanol–water partition coefficient (Wildman–Crippen LogP) is 2.94. The molecule has 0 saturated heterocycles. The first kappa shape index (κ1) is 10.0. The zero-order valence-electron chi connectivity index (χ0n) is 8.77. The molecule has 1 aliphatic carbocycles. The van der Waals surface area contributed by atoms with E-state index < -0.39 is 0 Å². The molecule has 1 nitrogen and oxygen atoms in total. The zero-order chi connectivity index (χ0) is 9.19. The summed E-state index contributed by atoms with van der Waals surface area (Å²) in [6, 6.07) is 0. The van der Waals surface area contributed by atoms with Crippen LogP contribution in [0.3, 0.4) is 0 Å². The van der Waals surface area contributed by atoms with E-state index in [-0.39, 0.29) is 5.54 Å². The topological polar surface area (TPSA) is 26.0 Å². The molecule has 0 heterocycles. The van der Waals surface area contributed by atoms with E-state index in [4.69, 9.17) is 5.73 Å². The lowest BCUT2D eigenvalue weighted by Crippen LogP contribution is -2.43. The third-order valence-corrected chi connectivity index (χ3v) is 3.86. The van der Waals surface area contributed by atoms with Gasteiger partial charge in [-0.1, -0.05) is 33.6 Å². The largest absolute Gasteiger partial charge is 0.325 e. The summed E-state index contributed by atoms with van der Waals surface area (Å²) in [5, 5.41) is 0. The number of hydrogen-bond acceptors (Lipinski definition) is 1. The molecular formula is C11H23N. The van der Waals surface area contributed by atoms with Crippen LogP contribution in [0.25, 0.3) is 0 Å². The fraction of sp³-hybridized carbons (Fsp3) is 1.00. The first-order valence-electron chi connectivity index (χ1n) is 5.41. The Morgan fingerprint density at radius 2 is 2.17 bits per heavy atom. The molecule has 0 radical (unpaired) electrons. The van der Waals surface area contributed by atoms with Crippen LogP contribution in [0.5, 0.6) is 0 Å². The molecule has 0 amide bonds. The van der Waals surface area contributed by atoms with Crippen molar-refractivity contribution in [3.8, 4) is 0 Å². The minimum absolute atomic E-state index is 0.176. The van der Waals surface area contributed by atoms with Gasteiger partial charge in [-0.05, 0) is 31.1 Å². The highest BCUT2D eigenvalue weighted by atomic mass is 14.8. The van der Waals surface area contributed by atoms with Crippen molar-refractivity contribution in [1.82, 2.24) is 0 Å². The van der Waals surface area contributed by atoms with Crippen LogP contribution in [-0.2, 0) is 0 Å². The van der Waals surface area contributed by atoms with Crippen LogP contribution in [0.1, 0.15) is 52.9 Å². The van der Waals surface area contributed by atoms with Gasteiger partial charge in [0.1, 0.15) is 0 Å². The Kier molecular flexibility index (Phi) is 3.16. The summed E-state index contributed by atoms with van der Waals surface area (Å²) in [5.41, 5.74) is 6.56. The molecule has 0 aromatic rings. The van der Waals surface area contributed by atoms with Gasteiger partial charge in [-0.25, -0.2) is 0 Å². The zero-order valence-corrected chi connectivity index (χ0v) is 8.77. The molecule has 2 N–H and O–H groups in total. The normalized spacial score (nSPS) is 38.5. The van der Waals surface area contributed by atoms with Gasteiger partial charge >= 0.3 is 0 Å². The number of nitrogens with two attached hydrogens (primary N) is 1. The second-order valence-electron chi connectivity index (χ2n) is 4.56. The molecular weight excluding hydrogens is 146 g/mol. The minimum atomic E-state index is 0.176. The third kappa shape index (κ3) is 1.82. The van der Waals surface area contributed by atoms with Gasteiger partial charge in [-0.15, -0.1) is 0 Å². The van der Waals surface area contributed by atoms with E-state index in [1.54, 1.807) is 0 Å². The highest BCUT2D eigenvalue weighted by Crippen LogP contribution is 2.40. The maximum Gasteiger partial charge on any atom is 0.0182 e. The lowest BCUT2D eigenvalue weighted by molar-refractivity contribution is 0.278. The van der Waals surface area contributed by atoms with Crippen molar-refractivity contribution in [2.24, 2.45) is 17.6 Å². The molecule has 1 aliphatic rings. The van der Waals surface area contributed by atoms with Gasteiger partial charge in [0.25, 0.3) is 0 Å². The summed E-state index contributed by atoms with van der Waals surface area (Å²) in [4.78, 5) is 0. The van der Waals surface area contributed by atoms with Crippen LogP contribution in [0, 0.1) is 11.8 Å². The van der Waals surface area contributed by atoms with E-state index in [2.05, 4.69) is 20.8 Å². The summed E-state index contributed by atoms with van der Waals surface area (Å²) < 4.78 is 0. The molecule has 72 valence electrons. The first-order valence-corrected chi connectivity index (χ1v) is 5.41. The maximum atomic E-state index is 6.38. The molecule has 0 aromatic heterocycles. The van der Waals surface area contributed by atoms with E-state index in [1.165, 1.54) is 32.1 Å². The Labute approximate surface area is 76.7 Å². The average molecular weight is 169 g/mol. The molecule has 0 aliphatic heterocycles. The van der Waals surface area contributed by atoms with Gasteiger partial charge < -0.3 is 5.73 Å². The molecule has 1 rings (SSSR count). The van der Waals surface area contributed by atoms with Gasteiger partial charge in [0.2, 0.25) is 0 Å². The van der Waals surface area contributed by atoms with Crippen molar-refractivity contribution >= 4 is 0 Å². The van der Waals surface area contributed by atoms with E-state index in [1.807, 2.05) is 0 Å². The minimum Gasteiger partial charge on any atom is -0.325 e. The van der Waals surface area contributed by atoms with Gasteiger partial charge in [-0.3, -0.25) is 0 Å². The predicted molar refractivity (Wildman–Crippen MR) is 54.0 cm³/mol. The second kappa shape index (κ2) is 3.78. The summed E-state index contributed by atoms with van der Waals surface area (Å²) in [5.74, 6) is 1.61. The molecule has 0 bridgehead atoms. The van der Waals surface area contributed by atoms with Crippen molar-refractivity contribution < 1.29 is 0 Å². The van der Waals surface area contributed by atoms with Crippen LogP contribution in [0.4, 0.5) is 0 Å². The summed E-state index contributed by atoms with van der Waals surface area (Å²) in [7, 11) is 0. The standard InChI is InChI=1S/C11H23N/c1-4-9(3)11(12)7-6-10(5-2)8-11/h9-10H,4-8,12H2,1-3H3. The Morgan fingerprint density at radius 1 is 1.50 bits per heavy atom. The molecule has 1 heteroatoms. The molecule has 0 aromatic carbocycles. The third-order valence-electron chi connectivity index (χ3n) is 3.86. The van der Waals surface area contributed by atoms with Crippen LogP contribution in [0.15, 0.2) is 0 Å². The van der Waals surface area contributed by atoms with Crippen LogP contribution >= 0.6 is 0 Å². The summed E-state index contributed by atoms with van der Waals surface area (Å²) in [6.45, 7) is 6.84. The fourth-order valence-corrected chi connectivity index (χ4v) is 2.42. The van der Waals surface area contributed by atoms with Crippen molar-refractivity contribution in [1.29, 1.82) is 0 Å². The quantitative estimate of drug-likeness (QED) is 0.690. The van der Waals surface area contributed by atoms with Crippen molar-refractivity contribution in [3.05, 3.63) is 0 Å². The molecule has 12 heavy (non-hydrogen) atoms. The second-order valence-corrected chi connectivity index (χ2v) is 4.56. The van der Waals surface area contributed by atoms with Gasteiger partial charge in [0, 0.05) is 5.54 Å². The Balaban J connectivity index is 2.51. The fourth-order valence-electron chi connectivity index (χ4n) is 2.42. The molecule has 0 spiro atoms. The highest BCUT2D eigenvalue weighted by Gasteiger charge is 2.38. The molecule has 3 atom stereocenters. The van der Waals surface area contributed by atoms with Crippen molar-refractivity contribution in [2.45, 2.75) is 58.4 Å². The number of hydrogen-bond donors (Lipinski definition) is 1. The average Bonchev–Trinajstić information content (AvgIpc) is 2.47. The van der Waals surface area contributed by atoms with E-state index in [0.29, 0.717) is 5.92 Å². The maximum absolute atomic E-state index is 6.38. The van der Waals surface area contributed by atoms with Crippen LogP contribution in [0.2, 0.25) is 0 Å². The molecule has 1 fully saturated rings. The Bertz CT molecular complexity index is 144. The lowest BCUT2D eigenvalue weighted by atomic mass is 9.82. The number of rotatable bonds is 3. The van der Waals surface area contributed by atoms with Crippen molar-refractivity contribution in [2.75, 3.05) is 0 Å². The van der Waals surface area contributed by atoms with Gasteiger partial charge in [-0.2, -0.15) is 0 Å². The van der Waals surface area contributed by atoms with Crippen molar-refractivity contribution in [3.63, 3.8) is 0 Å². The Morgan fingerprint density at radius 3 is 2.58 bits per heavy atom.